The second-order valence-electron chi connectivity index (χ2n) is 2.74. The quantitative estimate of drug-likeness (QED) is 0.755. The third-order valence-corrected chi connectivity index (χ3v) is 2.58. The first kappa shape index (κ1) is 10.9. The zero-order valence-electron chi connectivity index (χ0n) is 8.15. The topological polar surface area (TPSA) is 65.5 Å². The molecule has 1 rings (SSSR count). The van der Waals surface area contributed by atoms with Gasteiger partial charge in [0.2, 0.25) is 0 Å². The summed E-state index contributed by atoms with van der Waals surface area (Å²) in [7, 11) is 3.39. The smallest absolute Gasteiger partial charge is 0.273 e. The molecule has 1 aromatic rings. The van der Waals surface area contributed by atoms with Gasteiger partial charge in [-0.2, -0.15) is 0 Å². The van der Waals surface area contributed by atoms with E-state index in [1.165, 1.54) is 16.2 Å². The largest absolute Gasteiger partial charge is 0.395 e. The van der Waals surface area contributed by atoms with Crippen LogP contribution in [0.5, 0.6) is 0 Å². The fourth-order valence-corrected chi connectivity index (χ4v) is 1.58. The normalized spacial score (nSPS) is 9.93. The predicted octanol–water partition coefficient (Wildman–Crippen LogP) is 0.249. The van der Waals surface area contributed by atoms with Crippen molar-refractivity contribution >= 4 is 22.4 Å². The minimum absolute atomic E-state index is 0.0364. The Balaban J connectivity index is 2.68. The first-order chi connectivity index (χ1) is 6.69. The van der Waals surface area contributed by atoms with Crippen LogP contribution in [0.3, 0.4) is 0 Å². The fraction of sp³-hybridized carbons (Fsp3) is 0.500. The van der Waals surface area contributed by atoms with Crippen molar-refractivity contribution in [2.45, 2.75) is 0 Å². The van der Waals surface area contributed by atoms with Crippen LogP contribution in [0.4, 0.5) is 5.13 Å². The van der Waals surface area contributed by atoms with Crippen molar-refractivity contribution in [1.29, 1.82) is 0 Å². The molecule has 78 valence electrons. The maximum absolute atomic E-state index is 11.6. The van der Waals surface area contributed by atoms with Crippen LogP contribution >= 0.6 is 11.3 Å². The van der Waals surface area contributed by atoms with E-state index in [1.54, 1.807) is 19.5 Å². The van der Waals surface area contributed by atoms with Crippen molar-refractivity contribution in [2.75, 3.05) is 32.6 Å². The van der Waals surface area contributed by atoms with Gasteiger partial charge >= 0.3 is 0 Å². The third kappa shape index (κ3) is 2.43. The van der Waals surface area contributed by atoms with E-state index in [1.807, 2.05) is 0 Å². The first-order valence-electron chi connectivity index (χ1n) is 4.18. The number of aliphatic hydroxyl groups is 1. The van der Waals surface area contributed by atoms with Gasteiger partial charge in [-0.25, -0.2) is 4.98 Å². The Morgan fingerprint density at radius 2 is 2.50 bits per heavy atom. The highest BCUT2D eigenvalue weighted by atomic mass is 32.1. The van der Waals surface area contributed by atoms with Crippen LogP contribution in [0.15, 0.2) is 5.38 Å². The number of rotatable bonds is 4. The summed E-state index contributed by atoms with van der Waals surface area (Å²) in [6.07, 6.45) is 0. The Labute approximate surface area is 86.4 Å². The summed E-state index contributed by atoms with van der Waals surface area (Å²) in [6.45, 7) is 0.288. The van der Waals surface area contributed by atoms with Crippen LogP contribution in [-0.4, -0.2) is 48.1 Å². The van der Waals surface area contributed by atoms with Gasteiger partial charge in [0, 0.05) is 26.0 Å². The predicted molar refractivity (Wildman–Crippen MR) is 55.7 cm³/mol. The molecule has 0 spiro atoms. The molecule has 1 heterocycles. The molecule has 0 aliphatic heterocycles. The molecule has 2 N–H and O–H groups in total. The molecule has 0 saturated heterocycles. The van der Waals surface area contributed by atoms with Crippen molar-refractivity contribution in [3.63, 3.8) is 0 Å². The zero-order chi connectivity index (χ0) is 10.6. The number of amides is 1. The van der Waals surface area contributed by atoms with Gasteiger partial charge in [0.15, 0.2) is 5.13 Å². The fourth-order valence-electron chi connectivity index (χ4n) is 0.934. The van der Waals surface area contributed by atoms with Crippen LogP contribution in [0.2, 0.25) is 0 Å². The average molecular weight is 215 g/mol. The third-order valence-electron chi connectivity index (χ3n) is 1.72. The summed E-state index contributed by atoms with van der Waals surface area (Å²) in [5.41, 5.74) is 0.412. The second-order valence-corrected chi connectivity index (χ2v) is 3.60. The summed E-state index contributed by atoms with van der Waals surface area (Å²) in [5.74, 6) is -0.170. The van der Waals surface area contributed by atoms with Gasteiger partial charge in [-0.05, 0) is 0 Å². The van der Waals surface area contributed by atoms with E-state index in [-0.39, 0.29) is 12.5 Å². The standard InChI is InChI=1S/C8H13N3O2S/c1-9-8-10-6(5-14-8)7(13)11(2)3-4-12/h5,12H,3-4H2,1-2H3,(H,9,10). The second kappa shape index (κ2) is 4.92. The molecule has 1 amide bonds. The van der Waals surface area contributed by atoms with Crippen molar-refractivity contribution in [3.05, 3.63) is 11.1 Å². The van der Waals surface area contributed by atoms with Crippen molar-refractivity contribution < 1.29 is 9.90 Å². The number of likely N-dealkylation sites (N-methyl/N-ethyl adjacent to an activating group) is 1. The van der Waals surface area contributed by atoms with Crippen LogP contribution in [0, 0.1) is 0 Å². The molecular formula is C8H13N3O2S. The Morgan fingerprint density at radius 3 is 3.00 bits per heavy atom. The molecule has 0 saturated carbocycles. The van der Waals surface area contributed by atoms with E-state index in [4.69, 9.17) is 5.11 Å². The molecule has 0 aromatic carbocycles. The Hall–Kier alpha value is -1.14. The van der Waals surface area contributed by atoms with Crippen molar-refractivity contribution in [2.24, 2.45) is 0 Å². The number of carbonyl (C=O) groups excluding carboxylic acids is 1. The van der Waals surface area contributed by atoms with Crippen LogP contribution in [0.25, 0.3) is 0 Å². The maximum atomic E-state index is 11.6. The van der Waals surface area contributed by atoms with Crippen molar-refractivity contribution in [3.8, 4) is 0 Å². The van der Waals surface area contributed by atoms with Gasteiger partial charge in [-0.3, -0.25) is 4.79 Å². The van der Waals surface area contributed by atoms with E-state index < -0.39 is 0 Å². The lowest BCUT2D eigenvalue weighted by Gasteiger charge is -2.13. The maximum Gasteiger partial charge on any atom is 0.273 e. The summed E-state index contributed by atoms with van der Waals surface area (Å²) in [4.78, 5) is 17.1. The number of carbonyl (C=O) groups is 1. The number of nitrogens with zero attached hydrogens (tertiary/aromatic N) is 2. The number of hydrogen-bond acceptors (Lipinski definition) is 5. The number of anilines is 1. The molecule has 0 radical (unpaired) electrons. The summed E-state index contributed by atoms with van der Waals surface area (Å²) >= 11 is 1.38. The number of nitrogens with one attached hydrogen (secondary N) is 1. The van der Waals surface area contributed by atoms with Gasteiger partial charge in [0.1, 0.15) is 5.69 Å². The van der Waals surface area contributed by atoms with Gasteiger partial charge in [-0.1, -0.05) is 0 Å². The number of aliphatic hydroxyl groups excluding tert-OH is 1. The van der Waals surface area contributed by atoms with E-state index in [2.05, 4.69) is 10.3 Å². The van der Waals surface area contributed by atoms with Gasteiger partial charge in [-0.15, -0.1) is 11.3 Å². The van der Waals surface area contributed by atoms with Gasteiger partial charge in [0.05, 0.1) is 6.61 Å². The summed E-state index contributed by atoms with van der Waals surface area (Å²) < 4.78 is 0. The van der Waals surface area contributed by atoms with Gasteiger partial charge < -0.3 is 15.3 Å². The van der Waals surface area contributed by atoms with E-state index in [0.717, 1.165) is 0 Å². The highest BCUT2D eigenvalue weighted by molar-refractivity contribution is 7.13. The molecule has 0 unspecified atom stereocenters. The zero-order valence-corrected chi connectivity index (χ0v) is 8.97. The minimum atomic E-state index is -0.170. The van der Waals surface area contributed by atoms with Gasteiger partial charge in [0.25, 0.3) is 5.91 Å². The number of thiazole rings is 1. The SMILES string of the molecule is CNc1nc(C(=O)N(C)CCO)cs1. The molecule has 5 nitrogen and oxygen atoms in total. The summed E-state index contributed by atoms with van der Waals surface area (Å²) in [6, 6.07) is 0. The molecule has 0 aliphatic carbocycles. The number of aromatic nitrogens is 1. The highest BCUT2D eigenvalue weighted by Crippen LogP contribution is 2.15. The highest BCUT2D eigenvalue weighted by Gasteiger charge is 2.14. The minimum Gasteiger partial charge on any atom is -0.395 e. The monoisotopic (exact) mass is 215 g/mol. The Bertz CT molecular complexity index is 313. The molecule has 0 atom stereocenters. The Morgan fingerprint density at radius 1 is 1.79 bits per heavy atom. The Kier molecular flexibility index (Phi) is 3.84. The van der Waals surface area contributed by atoms with Crippen molar-refractivity contribution in [1.82, 2.24) is 9.88 Å². The molecule has 0 aliphatic rings. The molecule has 0 bridgehead atoms. The first-order valence-corrected chi connectivity index (χ1v) is 5.06. The van der Waals surface area contributed by atoms with E-state index >= 15 is 0 Å². The molecule has 14 heavy (non-hydrogen) atoms. The summed E-state index contributed by atoms with van der Waals surface area (Å²) in [5, 5.41) is 13.9. The van der Waals surface area contributed by atoms with E-state index in [0.29, 0.717) is 17.4 Å². The molecule has 0 fully saturated rings. The lowest BCUT2D eigenvalue weighted by molar-refractivity contribution is 0.0762. The van der Waals surface area contributed by atoms with Crippen LogP contribution in [-0.2, 0) is 0 Å². The molecule has 1 aromatic heterocycles. The lowest BCUT2D eigenvalue weighted by Crippen LogP contribution is -2.29. The lowest BCUT2D eigenvalue weighted by atomic mass is 10.4. The number of hydrogen-bond donors (Lipinski definition) is 2. The average Bonchev–Trinajstić information content (AvgIpc) is 2.65. The van der Waals surface area contributed by atoms with Crippen LogP contribution in [0.1, 0.15) is 10.5 Å². The van der Waals surface area contributed by atoms with Crippen LogP contribution < -0.4 is 5.32 Å². The molecular weight excluding hydrogens is 202 g/mol. The van der Waals surface area contributed by atoms with E-state index in [9.17, 15) is 4.79 Å². The molecule has 6 heteroatoms.